The van der Waals surface area contributed by atoms with Crippen LogP contribution in [0.5, 0.6) is 0 Å². The molecule has 0 radical (unpaired) electrons. The summed E-state index contributed by atoms with van der Waals surface area (Å²) < 4.78 is 14.4. The van der Waals surface area contributed by atoms with Gasteiger partial charge < -0.3 is 20.4 Å². The molecule has 10 heteroatoms. The van der Waals surface area contributed by atoms with Crippen LogP contribution in [0.3, 0.4) is 0 Å². The topological polar surface area (TPSA) is 107 Å². The maximum Gasteiger partial charge on any atom is 0.326 e. The number of carboxylic acid groups (broad SMARTS) is 2. The molecule has 3 N–H and O–H groups in total. The van der Waals surface area contributed by atoms with Gasteiger partial charge in [0.05, 0.1) is 5.69 Å². The van der Waals surface area contributed by atoms with E-state index in [1.165, 1.54) is 12.1 Å². The number of aliphatic carboxylic acids is 2. The van der Waals surface area contributed by atoms with Gasteiger partial charge in [-0.1, -0.05) is 0 Å². The van der Waals surface area contributed by atoms with E-state index >= 15 is 0 Å². The van der Waals surface area contributed by atoms with Crippen molar-refractivity contribution in [3.63, 3.8) is 0 Å². The third kappa shape index (κ3) is 6.68. The largest absolute Gasteiger partial charge is 0.481 e. The summed E-state index contributed by atoms with van der Waals surface area (Å²) in [5, 5.41) is 19.9. The first-order valence-corrected chi connectivity index (χ1v) is 8.79. The Balaban J connectivity index is 2.90. The number of hydrogen-bond donors (Lipinski definition) is 3. The first kappa shape index (κ1) is 22.0. The van der Waals surface area contributed by atoms with Crippen molar-refractivity contribution in [2.45, 2.75) is 18.9 Å². The number of hydrogen-bond acceptors (Lipinski definition) is 4. The van der Waals surface area contributed by atoms with Gasteiger partial charge in [0.15, 0.2) is 0 Å². The molecule has 1 atom stereocenters. The van der Waals surface area contributed by atoms with E-state index in [1.807, 2.05) is 0 Å². The molecule has 1 aromatic carbocycles. The second kappa shape index (κ2) is 10.8. The van der Waals surface area contributed by atoms with E-state index in [2.05, 4.69) is 5.32 Å². The number of carboxylic acids is 2. The lowest BCUT2D eigenvalue weighted by Gasteiger charge is -2.23. The minimum absolute atomic E-state index is 0.0791. The molecule has 0 saturated heterocycles. The molecule has 0 aliphatic carbocycles. The van der Waals surface area contributed by atoms with Crippen molar-refractivity contribution in [2.75, 3.05) is 29.7 Å². The van der Waals surface area contributed by atoms with Gasteiger partial charge in [-0.25, -0.2) is 9.18 Å². The van der Waals surface area contributed by atoms with Crippen LogP contribution in [0.1, 0.15) is 23.2 Å². The average molecular weight is 409 g/mol. The van der Waals surface area contributed by atoms with Crippen LogP contribution in [0.25, 0.3) is 0 Å². The fourth-order valence-electron chi connectivity index (χ4n) is 2.23. The number of halogens is 3. The molecule has 0 fully saturated rings. The predicted molar refractivity (Wildman–Crippen MR) is 95.8 cm³/mol. The summed E-state index contributed by atoms with van der Waals surface area (Å²) in [7, 11) is 0. The Kier molecular flexibility index (Phi) is 9.15. The lowest BCUT2D eigenvalue weighted by molar-refractivity contribution is -0.140. The lowest BCUT2D eigenvalue weighted by Crippen LogP contribution is -2.41. The van der Waals surface area contributed by atoms with Crippen molar-refractivity contribution in [2.24, 2.45) is 0 Å². The molecular formula is C16H19Cl2FN2O5. The minimum Gasteiger partial charge on any atom is -0.481 e. The lowest BCUT2D eigenvalue weighted by atomic mass is 10.1. The highest BCUT2D eigenvalue weighted by Gasteiger charge is 2.22. The fraction of sp³-hybridized carbons (Fsp3) is 0.438. The number of rotatable bonds is 11. The van der Waals surface area contributed by atoms with Crippen LogP contribution in [-0.4, -0.2) is 59.0 Å². The Bertz CT molecular complexity index is 654. The van der Waals surface area contributed by atoms with E-state index in [0.29, 0.717) is 13.1 Å². The fourth-order valence-corrected chi connectivity index (χ4v) is 2.64. The summed E-state index contributed by atoms with van der Waals surface area (Å²) in [5.74, 6) is -3.50. The molecule has 0 bridgehead atoms. The van der Waals surface area contributed by atoms with Crippen LogP contribution in [-0.2, 0) is 9.59 Å². The Hall–Kier alpha value is -2.06. The summed E-state index contributed by atoms with van der Waals surface area (Å²) in [5.41, 5.74) is 0.146. The summed E-state index contributed by atoms with van der Waals surface area (Å²) >= 11 is 11.4. The molecule has 144 valence electrons. The monoisotopic (exact) mass is 408 g/mol. The zero-order chi connectivity index (χ0) is 19.7. The standard InChI is InChI=1S/C16H19Cl2FN2O5/c17-5-7-21(8-6-18)13-3-1-10(9-11(13)19)15(24)20-12(16(25)26)2-4-14(22)23/h1,3,9,12H,2,4-8H2,(H,20,24)(H,22,23)(H,25,26)/t12-/m0/s1. The van der Waals surface area contributed by atoms with Crippen LogP contribution in [0.15, 0.2) is 18.2 Å². The van der Waals surface area contributed by atoms with E-state index in [9.17, 15) is 18.8 Å². The van der Waals surface area contributed by atoms with Gasteiger partial charge >= 0.3 is 11.9 Å². The van der Waals surface area contributed by atoms with Crippen molar-refractivity contribution in [3.05, 3.63) is 29.6 Å². The number of nitrogens with zero attached hydrogens (tertiary/aromatic N) is 1. The SMILES string of the molecule is O=C(O)CC[C@H](NC(=O)c1ccc(N(CCCl)CCCl)c(F)c1)C(=O)O. The quantitative estimate of drug-likeness (QED) is 0.484. The average Bonchev–Trinajstić information content (AvgIpc) is 2.57. The number of benzene rings is 1. The molecule has 0 aromatic heterocycles. The maximum absolute atomic E-state index is 14.4. The Morgan fingerprint density at radius 1 is 1.15 bits per heavy atom. The molecule has 1 rings (SSSR count). The second-order valence-electron chi connectivity index (χ2n) is 5.33. The van der Waals surface area contributed by atoms with Crippen LogP contribution in [0, 0.1) is 5.82 Å². The first-order chi connectivity index (χ1) is 12.3. The Labute approximate surface area is 159 Å². The number of alkyl halides is 2. The van der Waals surface area contributed by atoms with Crippen molar-refractivity contribution in [1.82, 2.24) is 5.32 Å². The number of carbonyl (C=O) groups is 3. The third-order valence-corrected chi connectivity index (χ3v) is 3.85. The van der Waals surface area contributed by atoms with Crippen molar-refractivity contribution >= 4 is 46.7 Å². The highest BCUT2D eigenvalue weighted by Crippen LogP contribution is 2.21. The highest BCUT2D eigenvalue weighted by atomic mass is 35.5. The van der Waals surface area contributed by atoms with Gasteiger partial charge in [-0.15, -0.1) is 23.2 Å². The van der Waals surface area contributed by atoms with Gasteiger partial charge in [0, 0.05) is 36.8 Å². The van der Waals surface area contributed by atoms with Gasteiger partial charge in [-0.05, 0) is 24.6 Å². The summed E-state index contributed by atoms with van der Waals surface area (Å²) in [6.07, 6.45) is -0.702. The molecule has 7 nitrogen and oxygen atoms in total. The third-order valence-electron chi connectivity index (χ3n) is 3.51. The molecule has 0 aliphatic heterocycles. The van der Waals surface area contributed by atoms with Gasteiger partial charge in [0.25, 0.3) is 5.91 Å². The number of anilines is 1. The molecule has 26 heavy (non-hydrogen) atoms. The zero-order valence-electron chi connectivity index (χ0n) is 13.8. The van der Waals surface area contributed by atoms with Crippen LogP contribution in [0.2, 0.25) is 0 Å². The number of carbonyl (C=O) groups excluding carboxylic acids is 1. The molecular weight excluding hydrogens is 390 g/mol. The normalized spacial score (nSPS) is 11.7. The first-order valence-electron chi connectivity index (χ1n) is 7.72. The highest BCUT2D eigenvalue weighted by molar-refractivity contribution is 6.18. The van der Waals surface area contributed by atoms with Crippen molar-refractivity contribution < 1.29 is 29.0 Å². The van der Waals surface area contributed by atoms with E-state index in [1.54, 1.807) is 4.90 Å². The Morgan fingerprint density at radius 2 is 1.77 bits per heavy atom. The van der Waals surface area contributed by atoms with Gasteiger partial charge in [0.1, 0.15) is 11.9 Å². The van der Waals surface area contributed by atoms with E-state index in [0.717, 1.165) is 6.07 Å². The van der Waals surface area contributed by atoms with Crippen LogP contribution < -0.4 is 10.2 Å². The molecule has 0 aliphatic rings. The Morgan fingerprint density at radius 3 is 2.23 bits per heavy atom. The maximum atomic E-state index is 14.4. The van der Waals surface area contributed by atoms with Crippen molar-refractivity contribution in [1.29, 1.82) is 0 Å². The summed E-state index contributed by atoms with van der Waals surface area (Å²) in [6.45, 7) is 0.736. The van der Waals surface area contributed by atoms with Crippen LogP contribution in [0.4, 0.5) is 10.1 Å². The van der Waals surface area contributed by atoms with Crippen LogP contribution >= 0.6 is 23.2 Å². The second-order valence-corrected chi connectivity index (χ2v) is 6.08. The zero-order valence-corrected chi connectivity index (χ0v) is 15.3. The smallest absolute Gasteiger partial charge is 0.326 e. The van der Waals surface area contributed by atoms with E-state index in [4.69, 9.17) is 33.4 Å². The van der Waals surface area contributed by atoms with E-state index in [-0.39, 0.29) is 29.4 Å². The molecule has 0 saturated carbocycles. The number of nitrogens with one attached hydrogen (secondary N) is 1. The molecule has 1 aromatic rings. The predicted octanol–water partition coefficient (Wildman–Crippen LogP) is 2.16. The molecule has 1 amide bonds. The molecule has 0 unspecified atom stereocenters. The summed E-state index contributed by atoms with van der Waals surface area (Å²) in [4.78, 5) is 35.4. The minimum atomic E-state index is -1.38. The van der Waals surface area contributed by atoms with Gasteiger partial charge in [-0.3, -0.25) is 9.59 Å². The van der Waals surface area contributed by atoms with Crippen molar-refractivity contribution in [3.8, 4) is 0 Å². The van der Waals surface area contributed by atoms with Gasteiger partial charge in [0.2, 0.25) is 0 Å². The molecule has 0 heterocycles. The molecule has 0 spiro atoms. The van der Waals surface area contributed by atoms with Gasteiger partial charge in [-0.2, -0.15) is 0 Å². The van der Waals surface area contributed by atoms with E-state index < -0.39 is 36.1 Å². The number of amides is 1. The summed E-state index contributed by atoms with van der Waals surface area (Å²) in [6, 6.07) is 2.33.